The van der Waals surface area contributed by atoms with E-state index in [2.05, 4.69) is 5.32 Å². The van der Waals surface area contributed by atoms with Gasteiger partial charge in [-0.15, -0.1) is 0 Å². The van der Waals surface area contributed by atoms with Gasteiger partial charge in [-0.25, -0.2) is 0 Å². The number of carbonyl (C=O) groups excluding carboxylic acids is 2. The molecule has 3 rings (SSSR count). The van der Waals surface area contributed by atoms with Crippen LogP contribution < -0.4 is 10.4 Å². The zero-order valence-corrected chi connectivity index (χ0v) is 15.1. The number of carbonyl (C=O) groups is 2. The van der Waals surface area contributed by atoms with Crippen LogP contribution in [-0.2, 0) is 4.79 Å². The van der Waals surface area contributed by atoms with Gasteiger partial charge in [0.15, 0.2) is 0 Å². The number of aromatic carboxylic acids is 1. The molecule has 0 fully saturated rings. The van der Waals surface area contributed by atoms with Gasteiger partial charge >= 0.3 is 0 Å². The summed E-state index contributed by atoms with van der Waals surface area (Å²) in [5.74, 6) is -1.44. The second-order valence-electron chi connectivity index (χ2n) is 5.67. The largest absolute Gasteiger partial charge is 0.545 e. The van der Waals surface area contributed by atoms with Crippen LogP contribution >= 0.6 is 11.6 Å². The Balaban J connectivity index is 1.85. The number of hydrogen-bond donors (Lipinski definition) is 1. The molecule has 1 N–H and O–H groups in total. The minimum atomic E-state index is -1.33. The van der Waals surface area contributed by atoms with Crippen LogP contribution in [0, 0.1) is 11.3 Å². The predicted octanol–water partition coefficient (Wildman–Crippen LogP) is 3.51. The van der Waals surface area contributed by atoms with Crippen molar-refractivity contribution < 1.29 is 19.1 Å². The number of amides is 1. The molecule has 0 atom stereocenters. The summed E-state index contributed by atoms with van der Waals surface area (Å²) in [4.78, 5) is 23.5. The number of furan rings is 1. The number of halogens is 1. The van der Waals surface area contributed by atoms with Crippen LogP contribution in [-0.4, -0.2) is 11.9 Å². The molecule has 0 aliphatic rings. The van der Waals surface area contributed by atoms with Crippen LogP contribution in [0.15, 0.2) is 70.7 Å². The first kappa shape index (κ1) is 19.0. The first-order valence-electron chi connectivity index (χ1n) is 8.07. The maximum atomic E-state index is 12.3. The van der Waals surface area contributed by atoms with Crippen molar-refractivity contribution in [3.63, 3.8) is 0 Å². The molecule has 2 aromatic carbocycles. The first-order chi connectivity index (χ1) is 13.5. The van der Waals surface area contributed by atoms with Crippen molar-refractivity contribution in [1.29, 1.82) is 5.26 Å². The Morgan fingerprint density at radius 3 is 2.46 bits per heavy atom. The normalized spacial score (nSPS) is 10.9. The molecule has 0 aliphatic heterocycles. The van der Waals surface area contributed by atoms with E-state index in [1.54, 1.807) is 48.5 Å². The number of rotatable bonds is 5. The predicted molar refractivity (Wildman–Crippen MR) is 102 cm³/mol. The average molecular weight is 392 g/mol. The molecule has 28 heavy (non-hydrogen) atoms. The number of carboxylic acid groups (broad SMARTS) is 1. The quantitative estimate of drug-likeness (QED) is 0.529. The highest BCUT2D eigenvalue weighted by atomic mass is 35.5. The van der Waals surface area contributed by atoms with Crippen molar-refractivity contribution in [3.05, 3.63) is 82.6 Å². The maximum Gasteiger partial charge on any atom is 0.266 e. The van der Waals surface area contributed by atoms with E-state index >= 15 is 0 Å². The van der Waals surface area contributed by atoms with Crippen LogP contribution in [0.1, 0.15) is 16.1 Å². The van der Waals surface area contributed by atoms with Gasteiger partial charge in [0, 0.05) is 27.9 Å². The maximum absolute atomic E-state index is 12.3. The van der Waals surface area contributed by atoms with Gasteiger partial charge in [-0.05, 0) is 36.4 Å². The lowest BCUT2D eigenvalue weighted by molar-refractivity contribution is -0.254. The standard InChI is InChI=1S/C21H13ClN2O4/c22-14-5-7-15(8-6-14)24-20(25)13(12-23)11-16-9-10-19(28-16)17-3-1-2-4-18(17)21(26)27/h1-11H,(H,24,25)(H,26,27)/p-1/b13-11-. The summed E-state index contributed by atoms with van der Waals surface area (Å²) in [5.41, 5.74) is 0.627. The summed E-state index contributed by atoms with van der Waals surface area (Å²) in [5, 5.41) is 23.6. The summed E-state index contributed by atoms with van der Waals surface area (Å²) in [6, 6.07) is 17.6. The third-order valence-electron chi connectivity index (χ3n) is 3.79. The van der Waals surface area contributed by atoms with E-state index in [1.165, 1.54) is 18.2 Å². The summed E-state index contributed by atoms with van der Waals surface area (Å²) in [6.07, 6.45) is 1.27. The Labute approximate surface area is 165 Å². The molecule has 0 saturated carbocycles. The molecule has 0 aliphatic carbocycles. The lowest BCUT2D eigenvalue weighted by Crippen LogP contribution is -2.22. The number of nitrogens with one attached hydrogen (secondary N) is 1. The minimum absolute atomic E-state index is 0.0200. The molecule has 138 valence electrons. The Morgan fingerprint density at radius 1 is 1.07 bits per heavy atom. The van der Waals surface area contributed by atoms with Gasteiger partial charge < -0.3 is 19.6 Å². The zero-order chi connectivity index (χ0) is 20.1. The van der Waals surface area contributed by atoms with Gasteiger partial charge in [-0.1, -0.05) is 35.9 Å². The van der Waals surface area contributed by atoms with Crippen molar-refractivity contribution in [3.8, 4) is 17.4 Å². The monoisotopic (exact) mass is 391 g/mol. The molecule has 7 heteroatoms. The van der Waals surface area contributed by atoms with E-state index in [4.69, 9.17) is 16.0 Å². The van der Waals surface area contributed by atoms with Crippen molar-refractivity contribution in [1.82, 2.24) is 0 Å². The Bertz CT molecular complexity index is 1110. The van der Waals surface area contributed by atoms with Gasteiger partial charge in [0.05, 0.1) is 5.97 Å². The molecule has 3 aromatic rings. The SMILES string of the molecule is N#C/C(=C/c1ccc(-c2ccccc2C(=O)[O-])o1)C(=O)Nc1ccc(Cl)cc1. The Morgan fingerprint density at radius 2 is 1.79 bits per heavy atom. The number of hydrogen-bond acceptors (Lipinski definition) is 5. The molecule has 0 bridgehead atoms. The van der Waals surface area contributed by atoms with Crippen LogP contribution in [0.5, 0.6) is 0 Å². The summed E-state index contributed by atoms with van der Waals surface area (Å²) < 4.78 is 5.59. The van der Waals surface area contributed by atoms with E-state index in [1.807, 2.05) is 6.07 Å². The fourth-order valence-electron chi connectivity index (χ4n) is 2.47. The summed E-state index contributed by atoms with van der Waals surface area (Å²) in [7, 11) is 0. The fraction of sp³-hybridized carbons (Fsp3) is 0. The van der Waals surface area contributed by atoms with Gasteiger partial charge in [0.2, 0.25) is 0 Å². The van der Waals surface area contributed by atoms with Crippen molar-refractivity contribution in [2.45, 2.75) is 0 Å². The number of nitriles is 1. The Hall–Kier alpha value is -3.82. The van der Waals surface area contributed by atoms with Gasteiger partial charge in [0.25, 0.3) is 5.91 Å². The van der Waals surface area contributed by atoms with E-state index in [0.717, 1.165) is 0 Å². The molecular weight excluding hydrogens is 380 g/mol. The highest BCUT2D eigenvalue weighted by Gasteiger charge is 2.13. The molecule has 0 unspecified atom stereocenters. The topological polar surface area (TPSA) is 106 Å². The van der Waals surface area contributed by atoms with Gasteiger partial charge in [0.1, 0.15) is 23.2 Å². The Kier molecular flexibility index (Phi) is 5.58. The van der Waals surface area contributed by atoms with Crippen LogP contribution in [0.3, 0.4) is 0 Å². The number of benzene rings is 2. The lowest BCUT2D eigenvalue weighted by Gasteiger charge is -2.07. The van der Waals surface area contributed by atoms with Crippen molar-refractivity contribution in [2.24, 2.45) is 0 Å². The smallest absolute Gasteiger partial charge is 0.266 e. The van der Waals surface area contributed by atoms with E-state index in [9.17, 15) is 20.0 Å². The van der Waals surface area contributed by atoms with E-state index in [-0.39, 0.29) is 22.7 Å². The summed E-state index contributed by atoms with van der Waals surface area (Å²) in [6.45, 7) is 0. The third-order valence-corrected chi connectivity index (χ3v) is 4.04. The molecule has 0 saturated heterocycles. The molecule has 1 aromatic heterocycles. The summed E-state index contributed by atoms with van der Waals surface area (Å²) >= 11 is 5.80. The van der Waals surface area contributed by atoms with Crippen molar-refractivity contribution >= 4 is 35.2 Å². The molecular formula is C21H12ClN2O4-. The number of nitrogens with zero attached hydrogens (tertiary/aromatic N) is 1. The van der Waals surface area contributed by atoms with Crippen LogP contribution in [0.4, 0.5) is 5.69 Å². The van der Waals surface area contributed by atoms with Gasteiger partial charge in [-0.3, -0.25) is 4.79 Å². The minimum Gasteiger partial charge on any atom is -0.545 e. The average Bonchev–Trinajstić information content (AvgIpc) is 3.16. The molecule has 6 nitrogen and oxygen atoms in total. The highest BCUT2D eigenvalue weighted by Crippen LogP contribution is 2.26. The second-order valence-corrected chi connectivity index (χ2v) is 6.10. The van der Waals surface area contributed by atoms with E-state index < -0.39 is 11.9 Å². The molecule has 0 spiro atoms. The lowest BCUT2D eigenvalue weighted by atomic mass is 10.1. The number of carboxylic acids is 1. The third kappa shape index (κ3) is 4.29. The highest BCUT2D eigenvalue weighted by molar-refractivity contribution is 6.30. The second kappa shape index (κ2) is 8.25. The molecule has 1 heterocycles. The first-order valence-corrected chi connectivity index (χ1v) is 8.45. The van der Waals surface area contributed by atoms with Crippen molar-refractivity contribution in [2.75, 3.05) is 5.32 Å². The van der Waals surface area contributed by atoms with Crippen LogP contribution in [0.25, 0.3) is 17.4 Å². The molecule has 1 amide bonds. The zero-order valence-electron chi connectivity index (χ0n) is 14.3. The molecule has 0 radical (unpaired) electrons. The van der Waals surface area contributed by atoms with Crippen LogP contribution in [0.2, 0.25) is 5.02 Å². The number of anilines is 1. The van der Waals surface area contributed by atoms with E-state index in [0.29, 0.717) is 16.3 Å². The fourth-order valence-corrected chi connectivity index (χ4v) is 2.60. The van der Waals surface area contributed by atoms with Gasteiger partial charge in [-0.2, -0.15) is 5.26 Å².